The Hall–Kier alpha value is -3.28. The molecule has 3 rings (SSSR count). The van der Waals surface area contributed by atoms with Gasteiger partial charge < -0.3 is 10.6 Å². The van der Waals surface area contributed by atoms with Crippen molar-refractivity contribution in [2.45, 2.75) is 39.5 Å². The van der Waals surface area contributed by atoms with Crippen LogP contribution in [0, 0.1) is 0 Å². The Balaban J connectivity index is 1.78. The highest BCUT2D eigenvalue weighted by molar-refractivity contribution is 6.37. The highest BCUT2D eigenvalue weighted by Crippen LogP contribution is 2.35. The summed E-state index contributed by atoms with van der Waals surface area (Å²) in [6, 6.07) is 0. The van der Waals surface area contributed by atoms with E-state index in [1.165, 1.54) is 0 Å². The molecule has 0 aromatic carbocycles. The minimum atomic E-state index is -0.119. The van der Waals surface area contributed by atoms with Gasteiger partial charge in [-0.05, 0) is 25.0 Å². The Bertz CT molecular complexity index is 878. The number of fused-ring (bicyclic) bond motifs is 2. The number of Topliss-reactive ketones (excluding diaryl/α,β-unsaturated/α-hetero) is 2. The first kappa shape index (κ1) is 21.4. The molecule has 0 aliphatic heterocycles. The molecule has 156 valence electrons. The van der Waals surface area contributed by atoms with Crippen LogP contribution in [0.2, 0.25) is 0 Å². The summed E-state index contributed by atoms with van der Waals surface area (Å²) in [5.41, 5.74) is 3.34. The molecule has 3 aliphatic rings. The standard InChI is InChI=1S/C24H28N4O2/c1-3-9-25-11-13-27-17-5-7-19-21(15-17)23(29)20-8-6-18(16-22(20)24(19)30)28-14-12-26-10-4-2/h7-8,11-16,25-26H,3-6,9-10H2,1-2H3. The van der Waals surface area contributed by atoms with Crippen molar-refractivity contribution in [1.29, 1.82) is 0 Å². The molecule has 2 N–H and O–H groups in total. The molecule has 0 spiro atoms. The van der Waals surface area contributed by atoms with E-state index in [1.54, 1.807) is 49.1 Å². The van der Waals surface area contributed by atoms with Crippen LogP contribution < -0.4 is 10.6 Å². The summed E-state index contributed by atoms with van der Waals surface area (Å²) in [5.74, 6) is -0.237. The van der Waals surface area contributed by atoms with Gasteiger partial charge in [0.05, 0.1) is 0 Å². The second kappa shape index (κ2) is 10.5. The highest BCUT2D eigenvalue weighted by atomic mass is 16.1. The van der Waals surface area contributed by atoms with Gasteiger partial charge in [0.25, 0.3) is 0 Å². The number of hydrogen-bond donors (Lipinski definition) is 2. The lowest BCUT2D eigenvalue weighted by Crippen LogP contribution is -2.29. The van der Waals surface area contributed by atoms with Gasteiger partial charge in [-0.3, -0.25) is 19.6 Å². The smallest absolute Gasteiger partial charge is 0.194 e. The van der Waals surface area contributed by atoms with E-state index in [4.69, 9.17) is 0 Å². The third-order valence-corrected chi connectivity index (χ3v) is 4.87. The molecule has 0 amide bonds. The number of aliphatic imine (C=N–C) groups is 2. The molecule has 3 aliphatic carbocycles. The van der Waals surface area contributed by atoms with Gasteiger partial charge in [0.15, 0.2) is 11.6 Å². The summed E-state index contributed by atoms with van der Waals surface area (Å²) in [6.45, 7) is 5.96. The van der Waals surface area contributed by atoms with Gasteiger partial charge in [0.2, 0.25) is 0 Å². The lowest BCUT2D eigenvalue weighted by molar-refractivity contribution is -0.117. The van der Waals surface area contributed by atoms with Crippen LogP contribution in [-0.2, 0) is 9.59 Å². The first-order chi connectivity index (χ1) is 14.7. The van der Waals surface area contributed by atoms with Crippen molar-refractivity contribution >= 4 is 23.0 Å². The average molecular weight is 405 g/mol. The Kier molecular flexibility index (Phi) is 7.49. The second-order valence-electron chi connectivity index (χ2n) is 7.20. The van der Waals surface area contributed by atoms with Crippen LogP contribution in [0.5, 0.6) is 0 Å². The van der Waals surface area contributed by atoms with E-state index in [0.717, 1.165) is 37.4 Å². The molecule has 30 heavy (non-hydrogen) atoms. The summed E-state index contributed by atoms with van der Waals surface area (Å²) in [6.07, 6.45) is 17.2. The Morgan fingerprint density at radius 3 is 1.60 bits per heavy atom. The summed E-state index contributed by atoms with van der Waals surface area (Å²) >= 11 is 0. The molecule has 0 aromatic rings. The van der Waals surface area contributed by atoms with Gasteiger partial charge in [0, 0.05) is 84.4 Å². The second-order valence-corrected chi connectivity index (χ2v) is 7.20. The van der Waals surface area contributed by atoms with Crippen LogP contribution in [0.4, 0.5) is 0 Å². The Morgan fingerprint density at radius 2 is 1.20 bits per heavy atom. The maximum atomic E-state index is 13.0. The fourth-order valence-corrected chi connectivity index (χ4v) is 3.34. The van der Waals surface area contributed by atoms with E-state index in [0.29, 0.717) is 35.1 Å². The largest absolute Gasteiger partial charge is 0.390 e. The third-order valence-electron chi connectivity index (χ3n) is 4.87. The first-order valence-electron chi connectivity index (χ1n) is 10.5. The van der Waals surface area contributed by atoms with Gasteiger partial charge in [0.1, 0.15) is 0 Å². The molecule has 0 heterocycles. The topological polar surface area (TPSA) is 82.9 Å². The molecule has 6 heteroatoms. The predicted octanol–water partition coefficient (Wildman–Crippen LogP) is 3.47. The molecule has 1 fully saturated rings. The minimum absolute atomic E-state index is 0.119. The molecule has 0 bridgehead atoms. The normalized spacial score (nSPS) is 21.4. The molecule has 0 unspecified atom stereocenters. The number of nitrogens with zero attached hydrogens (tertiary/aromatic N) is 2. The molecule has 1 saturated carbocycles. The zero-order valence-corrected chi connectivity index (χ0v) is 17.6. The fourth-order valence-electron chi connectivity index (χ4n) is 3.34. The number of carbonyl (C=O) groups excluding carboxylic acids is 2. The van der Waals surface area contributed by atoms with Gasteiger partial charge in [-0.1, -0.05) is 26.0 Å². The molecular formula is C24H28N4O2. The van der Waals surface area contributed by atoms with E-state index < -0.39 is 0 Å². The maximum Gasteiger partial charge on any atom is 0.194 e. The zero-order chi connectivity index (χ0) is 21.3. The number of ketones is 2. The van der Waals surface area contributed by atoms with E-state index in [9.17, 15) is 9.59 Å². The maximum absolute atomic E-state index is 13.0. The predicted molar refractivity (Wildman–Crippen MR) is 121 cm³/mol. The molecule has 0 radical (unpaired) electrons. The van der Waals surface area contributed by atoms with Gasteiger partial charge in [-0.25, -0.2) is 0 Å². The minimum Gasteiger partial charge on any atom is -0.390 e. The van der Waals surface area contributed by atoms with Crippen molar-refractivity contribution in [2.75, 3.05) is 13.1 Å². The van der Waals surface area contributed by atoms with Crippen molar-refractivity contribution in [1.82, 2.24) is 10.6 Å². The molecule has 0 aromatic heterocycles. The van der Waals surface area contributed by atoms with Crippen molar-refractivity contribution in [3.63, 3.8) is 0 Å². The highest BCUT2D eigenvalue weighted by Gasteiger charge is 2.37. The van der Waals surface area contributed by atoms with Crippen LogP contribution in [0.15, 0.2) is 81.4 Å². The van der Waals surface area contributed by atoms with Crippen molar-refractivity contribution in [3.05, 3.63) is 71.4 Å². The van der Waals surface area contributed by atoms with Crippen LogP contribution in [0.25, 0.3) is 0 Å². The lowest BCUT2D eigenvalue weighted by Gasteiger charge is -2.26. The van der Waals surface area contributed by atoms with E-state index >= 15 is 0 Å². The number of hydrogen-bond acceptors (Lipinski definition) is 6. The van der Waals surface area contributed by atoms with E-state index in [-0.39, 0.29) is 11.6 Å². The molecule has 0 atom stereocenters. The lowest BCUT2D eigenvalue weighted by atomic mass is 9.75. The third kappa shape index (κ3) is 5.00. The molecule has 0 saturated heterocycles. The zero-order valence-electron chi connectivity index (χ0n) is 17.6. The number of nitrogens with one attached hydrogen (secondary N) is 2. The van der Waals surface area contributed by atoms with Gasteiger partial charge >= 0.3 is 0 Å². The number of rotatable bonds is 8. The van der Waals surface area contributed by atoms with Crippen LogP contribution in [0.3, 0.4) is 0 Å². The van der Waals surface area contributed by atoms with E-state index in [2.05, 4.69) is 34.5 Å². The van der Waals surface area contributed by atoms with Gasteiger partial charge in [-0.15, -0.1) is 0 Å². The van der Waals surface area contributed by atoms with Crippen LogP contribution in [0.1, 0.15) is 39.5 Å². The van der Waals surface area contributed by atoms with Crippen LogP contribution >= 0.6 is 0 Å². The quantitative estimate of drug-likeness (QED) is 0.607. The average Bonchev–Trinajstić information content (AvgIpc) is 2.77. The van der Waals surface area contributed by atoms with Crippen molar-refractivity contribution in [3.8, 4) is 0 Å². The van der Waals surface area contributed by atoms with Gasteiger partial charge in [-0.2, -0.15) is 0 Å². The SMILES string of the molecule is CCCNC=CN=C1C=C2C(=O)C3=CCC(=NC=CNCCC)C=C3C(=O)C2=CC1. The van der Waals surface area contributed by atoms with Crippen molar-refractivity contribution in [2.24, 2.45) is 9.98 Å². The first-order valence-corrected chi connectivity index (χ1v) is 10.5. The monoisotopic (exact) mass is 404 g/mol. The van der Waals surface area contributed by atoms with E-state index in [1.807, 2.05) is 0 Å². The fraction of sp³-hybridized carbons (Fsp3) is 0.333. The Labute approximate surface area is 177 Å². The molecular weight excluding hydrogens is 376 g/mol. The summed E-state index contributed by atoms with van der Waals surface area (Å²) in [7, 11) is 0. The van der Waals surface area contributed by atoms with Crippen LogP contribution in [-0.4, -0.2) is 36.1 Å². The number of carbonyl (C=O) groups is 2. The molecule has 6 nitrogen and oxygen atoms in total. The summed E-state index contributed by atoms with van der Waals surface area (Å²) in [5, 5.41) is 6.26. The summed E-state index contributed by atoms with van der Waals surface area (Å²) in [4.78, 5) is 34.8. The number of allylic oxidation sites excluding steroid dienone is 8. The Morgan fingerprint density at radius 1 is 0.767 bits per heavy atom. The van der Waals surface area contributed by atoms with Crippen molar-refractivity contribution < 1.29 is 9.59 Å². The summed E-state index contributed by atoms with van der Waals surface area (Å²) < 4.78 is 0.